The summed E-state index contributed by atoms with van der Waals surface area (Å²) in [6.45, 7) is -0.263. The fourth-order valence-electron chi connectivity index (χ4n) is 3.03. The number of hydrogen-bond acceptors (Lipinski definition) is 4. The molecule has 7 heteroatoms. The van der Waals surface area contributed by atoms with E-state index < -0.39 is 11.8 Å². The highest BCUT2D eigenvalue weighted by Crippen LogP contribution is 2.33. The van der Waals surface area contributed by atoms with Crippen LogP contribution in [0.2, 0.25) is 0 Å². The van der Waals surface area contributed by atoms with Crippen molar-refractivity contribution < 1.29 is 14.4 Å². The number of nitrogens with one attached hydrogen (secondary N) is 3. The van der Waals surface area contributed by atoms with Gasteiger partial charge in [-0.3, -0.25) is 14.4 Å². The normalized spacial score (nSPS) is 13.7. The molecule has 3 N–H and O–H groups in total. The van der Waals surface area contributed by atoms with Crippen LogP contribution in [0.25, 0.3) is 0 Å². The maximum atomic E-state index is 12.2. The molecule has 0 bridgehead atoms. The maximum absolute atomic E-state index is 12.2. The van der Waals surface area contributed by atoms with Crippen LogP contribution in [0.1, 0.15) is 25.7 Å². The molecule has 2 aromatic carbocycles. The molecule has 6 nitrogen and oxygen atoms in total. The van der Waals surface area contributed by atoms with Crippen LogP contribution in [-0.2, 0) is 14.4 Å². The van der Waals surface area contributed by atoms with Crippen molar-refractivity contribution in [3.63, 3.8) is 0 Å². The van der Waals surface area contributed by atoms with Crippen molar-refractivity contribution in [3.8, 4) is 0 Å². The molecule has 146 valence electrons. The number of amides is 3. The minimum atomic E-state index is -0.783. The molecule has 0 aromatic heterocycles. The van der Waals surface area contributed by atoms with Gasteiger partial charge >= 0.3 is 11.8 Å². The summed E-state index contributed by atoms with van der Waals surface area (Å²) in [6.07, 6.45) is 3.93. The van der Waals surface area contributed by atoms with E-state index in [2.05, 4.69) is 16.0 Å². The van der Waals surface area contributed by atoms with Gasteiger partial charge in [0.2, 0.25) is 5.91 Å². The molecule has 3 rings (SSSR count). The van der Waals surface area contributed by atoms with Crippen molar-refractivity contribution in [1.29, 1.82) is 0 Å². The lowest BCUT2D eigenvalue weighted by Crippen LogP contribution is -2.45. The molecule has 0 atom stereocenters. The van der Waals surface area contributed by atoms with Crippen molar-refractivity contribution in [2.24, 2.45) is 0 Å². The molecule has 0 heterocycles. The minimum Gasteiger partial charge on any atom is -0.345 e. The highest BCUT2D eigenvalue weighted by molar-refractivity contribution is 7.99. The number of benzene rings is 2. The van der Waals surface area contributed by atoms with Gasteiger partial charge in [-0.15, -0.1) is 0 Å². The quantitative estimate of drug-likeness (QED) is 0.654. The summed E-state index contributed by atoms with van der Waals surface area (Å²) in [5.41, 5.74) is 0.658. The predicted octanol–water partition coefficient (Wildman–Crippen LogP) is 2.95. The van der Waals surface area contributed by atoms with E-state index in [1.54, 1.807) is 6.07 Å². The van der Waals surface area contributed by atoms with Gasteiger partial charge in [-0.05, 0) is 37.1 Å². The zero-order chi connectivity index (χ0) is 19.8. The number of hydrogen-bond donors (Lipinski definition) is 3. The lowest BCUT2D eigenvalue weighted by Gasteiger charge is -2.13. The number of para-hydroxylation sites is 1. The molecule has 0 spiro atoms. The van der Waals surface area contributed by atoms with Crippen LogP contribution in [0.4, 0.5) is 5.69 Å². The fraction of sp³-hybridized carbons (Fsp3) is 0.286. The molecule has 1 aliphatic carbocycles. The van der Waals surface area contributed by atoms with Crippen molar-refractivity contribution in [2.45, 2.75) is 41.5 Å². The monoisotopic (exact) mass is 397 g/mol. The second-order valence-corrected chi connectivity index (χ2v) is 7.71. The third kappa shape index (κ3) is 5.85. The summed E-state index contributed by atoms with van der Waals surface area (Å²) in [6, 6.07) is 17.4. The van der Waals surface area contributed by atoms with Crippen LogP contribution < -0.4 is 16.0 Å². The first-order valence-electron chi connectivity index (χ1n) is 9.32. The Balaban J connectivity index is 1.50. The molecule has 28 heavy (non-hydrogen) atoms. The van der Waals surface area contributed by atoms with Gasteiger partial charge in [-0.2, -0.15) is 0 Å². The van der Waals surface area contributed by atoms with E-state index in [9.17, 15) is 14.4 Å². The molecule has 0 aliphatic heterocycles. The molecule has 1 fully saturated rings. The Morgan fingerprint density at radius 3 is 2.32 bits per heavy atom. The summed E-state index contributed by atoms with van der Waals surface area (Å²) in [4.78, 5) is 37.9. The topological polar surface area (TPSA) is 87.3 Å². The number of rotatable bonds is 6. The highest BCUT2D eigenvalue weighted by atomic mass is 32.2. The number of anilines is 1. The molecule has 1 saturated carbocycles. The Hall–Kier alpha value is -2.80. The summed E-state index contributed by atoms with van der Waals surface area (Å²) in [7, 11) is 0. The lowest BCUT2D eigenvalue weighted by molar-refractivity contribution is -0.140. The molecule has 0 radical (unpaired) electrons. The molecule has 0 saturated heterocycles. The first-order valence-corrected chi connectivity index (χ1v) is 10.1. The van der Waals surface area contributed by atoms with Crippen LogP contribution >= 0.6 is 11.8 Å². The van der Waals surface area contributed by atoms with Crippen LogP contribution in [0, 0.1) is 0 Å². The van der Waals surface area contributed by atoms with Crippen molar-refractivity contribution in [2.75, 3.05) is 11.9 Å². The van der Waals surface area contributed by atoms with E-state index in [-0.39, 0.29) is 18.5 Å². The van der Waals surface area contributed by atoms with Gasteiger partial charge in [-0.25, -0.2) is 0 Å². The molecular formula is C21H23N3O3S. The Morgan fingerprint density at radius 1 is 0.893 bits per heavy atom. The van der Waals surface area contributed by atoms with Crippen molar-refractivity contribution >= 4 is 35.2 Å². The van der Waals surface area contributed by atoms with Crippen LogP contribution in [-0.4, -0.2) is 30.3 Å². The second kappa shape index (κ2) is 9.94. The smallest absolute Gasteiger partial charge is 0.309 e. The first-order chi connectivity index (χ1) is 13.6. The van der Waals surface area contributed by atoms with Gasteiger partial charge in [-0.1, -0.05) is 54.9 Å². The summed E-state index contributed by atoms with van der Waals surface area (Å²) < 4.78 is 0. The van der Waals surface area contributed by atoms with E-state index in [1.807, 2.05) is 48.5 Å². The molecule has 1 aliphatic rings. The third-order valence-electron chi connectivity index (χ3n) is 4.44. The molecular weight excluding hydrogens is 374 g/mol. The van der Waals surface area contributed by atoms with E-state index in [1.165, 1.54) is 11.8 Å². The minimum absolute atomic E-state index is 0.0639. The van der Waals surface area contributed by atoms with E-state index in [0.717, 1.165) is 35.5 Å². The first kappa shape index (κ1) is 19.9. The Morgan fingerprint density at radius 2 is 1.57 bits per heavy atom. The zero-order valence-electron chi connectivity index (χ0n) is 15.4. The van der Waals surface area contributed by atoms with Crippen LogP contribution in [0.5, 0.6) is 0 Å². The Kier molecular flexibility index (Phi) is 7.08. The molecule has 3 amide bonds. The van der Waals surface area contributed by atoms with Gasteiger partial charge in [0.05, 0.1) is 12.2 Å². The average molecular weight is 398 g/mol. The molecule has 2 aromatic rings. The fourth-order valence-corrected chi connectivity index (χ4v) is 3.95. The third-order valence-corrected chi connectivity index (χ3v) is 5.52. The largest absolute Gasteiger partial charge is 0.345 e. The molecule has 0 unspecified atom stereocenters. The van der Waals surface area contributed by atoms with Crippen LogP contribution in [0.15, 0.2) is 64.4 Å². The second-order valence-electron chi connectivity index (χ2n) is 6.60. The van der Waals surface area contributed by atoms with Crippen LogP contribution in [0.3, 0.4) is 0 Å². The van der Waals surface area contributed by atoms with E-state index >= 15 is 0 Å². The number of carbonyl (C=O) groups is 3. The van der Waals surface area contributed by atoms with Gasteiger partial charge in [0.1, 0.15) is 0 Å². The zero-order valence-corrected chi connectivity index (χ0v) is 16.3. The Labute approximate surface area is 168 Å². The van der Waals surface area contributed by atoms with Crippen molar-refractivity contribution in [3.05, 3.63) is 54.6 Å². The highest BCUT2D eigenvalue weighted by Gasteiger charge is 2.21. The number of carbonyl (C=O) groups excluding carboxylic acids is 3. The SMILES string of the molecule is O=C(CNC(=O)C(=O)NC1CCCC1)Nc1ccccc1Sc1ccccc1. The Bertz CT molecular complexity index is 836. The van der Waals surface area contributed by atoms with Gasteiger partial charge in [0, 0.05) is 15.8 Å². The van der Waals surface area contributed by atoms with E-state index in [4.69, 9.17) is 0 Å². The van der Waals surface area contributed by atoms with Gasteiger partial charge in [0.25, 0.3) is 0 Å². The standard InChI is InChI=1S/C21H23N3O3S/c25-19(14-22-20(26)21(27)23-15-8-4-5-9-15)24-17-12-6-7-13-18(17)28-16-10-2-1-3-11-16/h1-3,6-7,10-13,15H,4-5,8-9,14H2,(H,22,26)(H,23,27)(H,24,25). The van der Waals surface area contributed by atoms with Crippen molar-refractivity contribution in [1.82, 2.24) is 10.6 Å². The average Bonchev–Trinajstić information content (AvgIpc) is 3.21. The van der Waals surface area contributed by atoms with Gasteiger partial charge < -0.3 is 16.0 Å². The van der Waals surface area contributed by atoms with Gasteiger partial charge in [0.15, 0.2) is 0 Å². The summed E-state index contributed by atoms with van der Waals surface area (Å²) in [5, 5.41) is 7.87. The van der Waals surface area contributed by atoms with E-state index in [0.29, 0.717) is 5.69 Å². The maximum Gasteiger partial charge on any atom is 0.309 e. The summed E-state index contributed by atoms with van der Waals surface area (Å²) in [5.74, 6) is -1.85. The summed E-state index contributed by atoms with van der Waals surface area (Å²) >= 11 is 1.54. The predicted molar refractivity (Wildman–Crippen MR) is 109 cm³/mol. The lowest BCUT2D eigenvalue weighted by atomic mass is 10.2.